The third-order valence-corrected chi connectivity index (χ3v) is 5.07. The van der Waals surface area contributed by atoms with E-state index in [0.29, 0.717) is 28.2 Å². The van der Waals surface area contributed by atoms with Crippen LogP contribution in [-0.2, 0) is 4.79 Å². The molecule has 3 heterocycles. The summed E-state index contributed by atoms with van der Waals surface area (Å²) >= 11 is 0. The van der Waals surface area contributed by atoms with E-state index in [1.54, 1.807) is 25.1 Å². The number of nitrogens with zero attached hydrogens (tertiary/aromatic N) is 2. The Labute approximate surface area is 175 Å². The van der Waals surface area contributed by atoms with Crippen molar-refractivity contribution in [3.63, 3.8) is 0 Å². The Balaban J connectivity index is 1.48. The SMILES string of the molecule is Cc1noc2nc(-c3ccco3)cc(C(=O)Nc3ccc(F)c(NC(=O)C4CC4)c3)c12. The van der Waals surface area contributed by atoms with Crippen molar-refractivity contribution in [1.29, 1.82) is 0 Å². The Morgan fingerprint density at radius 3 is 2.74 bits per heavy atom. The minimum atomic E-state index is -0.576. The van der Waals surface area contributed by atoms with Gasteiger partial charge in [-0.25, -0.2) is 9.37 Å². The quantitative estimate of drug-likeness (QED) is 0.491. The molecular formula is C22H17FN4O4. The molecule has 0 bridgehead atoms. The number of fused-ring (bicyclic) bond motifs is 1. The van der Waals surface area contributed by atoms with Gasteiger partial charge in [-0.1, -0.05) is 5.16 Å². The molecule has 1 saturated carbocycles. The molecule has 0 radical (unpaired) electrons. The molecule has 2 amide bonds. The average molecular weight is 420 g/mol. The number of amides is 2. The van der Waals surface area contributed by atoms with Crippen molar-refractivity contribution >= 4 is 34.3 Å². The monoisotopic (exact) mass is 420 g/mol. The van der Waals surface area contributed by atoms with Gasteiger partial charge in [0.2, 0.25) is 5.91 Å². The van der Waals surface area contributed by atoms with E-state index >= 15 is 0 Å². The number of carbonyl (C=O) groups excluding carboxylic acids is 2. The second-order valence-corrected chi connectivity index (χ2v) is 7.39. The maximum Gasteiger partial charge on any atom is 0.259 e. The topological polar surface area (TPSA) is 110 Å². The second kappa shape index (κ2) is 7.35. The first-order chi connectivity index (χ1) is 15.0. The summed E-state index contributed by atoms with van der Waals surface area (Å²) in [5, 5.41) is 9.69. The van der Waals surface area contributed by atoms with Crippen molar-refractivity contribution in [3.05, 3.63) is 59.7 Å². The minimum Gasteiger partial charge on any atom is -0.463 e. The van der Waals surface area contributed by atoms with Crippen molar-refractivity contribution in [2.24, 2.45) is 5.92 Å². The molecule has 0 aliphatic heterocycles. The molecule has 0 spiro atoms. The fourth-order valence-corrected chi connectivity index (χ4v) is 3.30. The highest BCUT2D eigenvalue weighted by Gasteiger charge is 2.30. The van der Waals surface area contributed by atoms with Gasteiger partial charge in [0.15, 0.2) is 5.76 Å². The molecular weight excluding hydrogens is 403 g/mol. The van der Waals surface area contributed by atoms with E-state index in [4.69, 9.17) is 8.94 Å². The molecule has 9 heteroatoms. The van der Waals surface area contributed by atoms with E-state index in [0.717, 1.165) is 12.8 Å². The Hall–Kier alpha value is -4.01. The number of rotatable bonds is 5. The maximum absolute atomic E-state index is 14.1. The van der Waals surface area contributed by atoms with E-state index in [1.165, 1.54) is 24.5 Å². The molecule has 8 nitrogen and oxygen atoms in total. The number of nitrogens with one attached hydrogen (secondary N) is 2. The van der Waals surface area contributed by atoms with Gasteiger partial charge in [-0.05, 0) is 56.2 Å². The lowest BCUT2D eigenvalue weighted by Crippen LogP contribution is -2.16. The largest absolute Gasteiger partial charge is 0.463 e. The highest BCUT2D eigenvalue weighted by Crippen LogP contribution is 2.32. The van der Waals surface area contributed by atoms with E-state index in [9.17, 15) is 14.0 Å². The molecule has 31 heavy (non-hydrogen) atoms. The molecule has 1 aromatic carbocycles. The van der Waals surface area contributed by atoms with Crippen LogP contribution in [0.25, 0.3) is 22.6 Å². The molecule has 4 aromatic rings. The number of furan rings is 1. The molecule has 2 N–H and O–H groups in total. The van der Waals surface area contributed by atoms with Gasteiger partial charge in [0, 0.05) is 11.6 Å². The normalized spacial score (nSPS) is 13.4. The van der Waals surface area contributed by atoms with E-state index in [2.05, 4.69) is 20.8 Å². The second-order valence-electron chi connectivity index (χ2n) is 7.39. The predicted molar refractivity (Wildman–Crippen MR) is 110 cm³/mol. The minimum absolute atomic E-state index is 0.0204. The lowest BCUT2D eigenvalue weighted by Gasteiger charge is -2.11. The lowest BCUT2D eigenvalue weighted by molar-refractivity contribution is -0.117. The van der Waals surface area contributed by atoms with Crippen molar-refractivity contribution in [2.45, 2.75) is 19.8 Å². The van der Waals surface area contributed by atoms with Gasteiger partial charge >= 0.3 is 0 Å². The number of hydrogen-bond donors (Lipinski definition) is 2. The molecule has 1 fully saturated rings. The highest BCUT2D eigenvalue weighted by molar-refractivity contribution is 6.13. The van der Waals surface area contributed by atoms with Crippen LogP contribution in [-0.4, -0.2) is 22.0 Å². The molecule has 3 aromatic heterocycles. The van der Waals surface area contributed by atoms with Crippen molar-refractivity contribution in [3.8, 4) is 11.5 Å². The smallest absolute Gasteiger partial charge is 0.259 e. The summed E-state index contributed by atoms with van der Waals surface area (Å²) in [6, 6.07) is 9.02. The fraction of sp³-hybridized carbons (Fsp3) is 0.182. The fourth-order valence-electron chi connectivity index (χ4n) is 3.30. The first-order valence-corrected chi connectivity index (χ1v) is 9.72. The van der Waals surface area contributed by atoms with E-state index in [-0.39, 0.29) is 28.8 Å². The Morgan fingerprint density at radius 1 is 1.16 bits per heavy atom. The molecule has 0 unspecified atom stereocenters. The summed E-state index contributed by atoms with van der Waals surface area (Å²) in [7, 11) is 0. The number of carbonyl (C=O) groups is 2. The molecule has 1 aliphatic carbocycles. The van der Waals surface area contributed by atoms with Gasteiger partial charge in [-0.2, -0.15) is 0 Å². The van der Waals surface area contributed by atoms with E-state index < -0.39 is 11.7 Å². The van der Waals surface area contributed by atoms with Gasteiger partial charge in [-0.15, -0.1) is 0 Å². The highest BCUT2D eigenvalue weighted by atomic mass is 19.1. The Morgan fingerprint density at radius 2 is 2.00 bits per heavy atom. The zero-order valence-electron chi connectivity index (χ0n) is 16.4. The van der Waals surface area contributed by atoms with E-state index in [1.807, 2.05) is 0 Å². The van der Waals surface area contributed by atoms with Crippen LogP contribution in [0.15, 0.2) is 51.6 Å². The van der Waals surface area contributed by atoms with Gasteiger partial charge in [0.05, 0.1) is 28.6 Å². The summed E-state index contributed by atoms with van der Waals surface area (Å²) in [6.45, 7) is 1.71. The predicted octanol–water partition coefficient (Wildman–Crippen LogP) is 4.53. The first kappa shape index (κ1) is 19.0. The van der Waals surface area contributed by atoms with Crippen LogP contribution in [0.1, 0.15) is 28.9 Å². The number of aromatic nitrogens is 2. The van der Waals surface area contributed by atoms with Gasteiger partial charge in [-0.3, -0.25) is 9.59 Å². The Kier molecular flexibility index (Phi) is 4.50. The number of hydrogen-bond acceptors (Lipinski definition) is 6. The summed E-state index contributed by atoms with van der Waals surface area (Å²) < 4.78 is 24.8. The molecule has 1 aliphatic rings. The Bertz CT molecular complexity index is 1310. The van der Waals surface area contributed by atoms with Crippen LogP contribution in [0.5, 0.6) is 0 Å². The third kappa shape index (κ3) is 3.65. The molecule has 156 valence electrons. The summed E-state index contributed by atoms with van der Waals surface area (Å²) in [6.07, 6.45) is 3.11. The van der Waals surface area contributed by atoms with Crippen molar-refractivity contribution in [1.82, 2.24) is 10.1 Å². The van der Waals surface area contributed by atoms with Crippen molar-refractivity contribution in [2.75, 3.05) is 10.6 Å². The van der Waals surface area contributed by atoms with Gasteiger partial charge in [0.25, 0.3) is 11.6 Å². The number of pyridine rings is 1. The average Bonchev–Trinajstić information content (AvgIpc) is 3.34. The molecule has 0 saturated heterocycles. The zero-order valence-corrected chi connectivity index (χ0v) is 16.4. The van der Waals surface area contributed by atoms with Crippen LogP contribution in [0.2, 0.25) is 0 Å². The van der Waals surface area contributed by atoms with Crippen LogP contribution in [0, 0.1) is 18.7 Å². The van der Waals surface area contributed by atoms with Crippen LogP contribution < -0.4 is 10.6 Å². The number of benzene rings is 1. The number of anilines is 2. The maximum atomic E-state index is 14.1. The first-order valence-electron chi connectivity index (χ1n) is 9.72. The van der Waals surface area contributed by atoms with Crippen LogP contribution >= 0.6 is 0 Å². The lowest BCUT2D eigenvalue weighted by atomic mass is 10.1. The number of aryl methyl sites for hydroxylation is 1. The summed E-state index contributed by atoms with van der Waals surface area (Å²) in [4.78, 5) is 29.5. The van der Waals surface area contributed by atoms with Crippen LogP contribution in [0.3, 0.4) is 0 Å². The van der Waals surface area contributed by atoms with Crippen molar-refractivity contribution < 1.29 is 22.9 Å². The summed E-state index contributed by atoms with van der Waals surface area (Å²) in [5.41, 5.74) is 1.75. The zero-order chi connectivity index (χ0) is 21.5. The van der Waals surface area contributed by atoms with Gasteiger partial charge < -0.3 is 19.6 Å². The number of halogens is 1. The van der Waals surface area contributed by atoms with Crippen LogP contribution in [0.4, 0.5) is 15.8 Å². The molecule has 0 atom stereocenters. The standard InChI is InChI=1S/C22H17FN4O4/c1-11-19-14(10-17(18-3-2-8-30-18)26-22(19)31-27-11)21(29)24-13-6-7-15(23)16(9-13)25-20(28)12-4-5-12/h2-3,6-10,12H,4-5H2,1H3,(H,24,29)(H,25,28). The third-order valence-electron chi connectivity index (χ3n) is 5.07. The molecule has 5 rings (SSSR count). The summed E-state index contributed by atoms with van der Waals surface area (Å²) in [5.74, 6) is -0.858. The van der Waals surface area contributed by atoms with Gasteiger partial charge in [0.1, 0.15) is 11.5 Å².